The molecule has 4 N–H and O–H groups in total. The van der Waals surface area contributed by atoms with E-state index in [1.165, 1.54) is 11.2 Å². The number of hydrogen-bond acceptors (Lipinski definition) is 10. The van der Waals surface area contributed by atoms with E-state index < -0.39 is 29.1 Å². The first-order chi connectivity index (χ1) is 24.4. The average molecular weight is 733 g/mol. The van der Waals surface area contributed by atoms with Crippen LogP contribution in [0.3, 0.4) is 0 Å². The summed E-state index contributed by atoms with van der Waals surface area (Å²) in [7, 11) is 0. The molecule has 0 unspecified atom stereocenters. The fourth-order valence-electron chi connectivity index (χ4n) is 6.24. The van der Waals surface area contributed by atoms with Gasteiger partial charge < -0.3 is 30.4 Å². The van der Waals surface area contributed by atoms with Crippen LogP contribution in [0.25, 0.3) is 21.9 Å². The molecule has 3 aromatic carbocycles. The maximum absolute atomic E-state index is 14.1. The molecule has 0 bridgehead atoms. The number of H-pyrrole nitrogens is 1. The lowest BCUT2D eigenvalue weighted by atomic mass is 9.95. The van der Waals surface area contributed by atoms with Crippen molar-refractivity contribution in [2.24, 2.45) is 5.73 Å². The van der Waals surface area contributed by atoms with Gasteiger partial charge >= 0.3 is 11.9 Å². The molecule has 1 aliphatic heterocycles. The number of carbonyl (C=O) groups excluding carboxylic acids is 3. The van der Waals surface area contributed by atoms with Gasteiger partial charge in [-0.1, -0.05) is 53.5 Å². The number of imidazole rings is 1. The predicted molar refractivity (Wildman–Crippen MR) is 195 cm³/mol. The Morgan fingerprint density at radius 3 is 2.59 bits per heavy atom. The minimum Gasteiger partial charge on any atom is -0.461 e. The van der Waals surface area contributed by atoms with Crippen LogP contribution < -0.4 is 11.1 Å². The van der Waals surface area contributed by atoms with Crippen molar-refractivity contribution in [3.05, 3.63) is 94.0 Å². The van der Waals surface area contributed by atoms with Gasteiger partial charge in [0.15, 0.2) is 5.54 Å². The monoisotopic (exact) mass is 731 g/mol. The van der Waals surface area contributed by atoms with Crippen molar-refractivity contribution >= 4 is 68.8 Å². The molecule has 1 saturated heterocycles. The number of benzene rings is 3. The molecule has 2 atom stereocenters. The van der Waals surface area contributed by atoms with E-state index in [9.17, 15) is 14.4 Å². The van der Waals surface area contributed by atoms with Gasteiger partial charge in [0.05, 0.1) is 33.2 Å². The number of fused-ring (bicyclic) bond motifs is 2. The number of amides is 1. The maximum Gasteiger partial charge on any atom is 0.333 e. The highest BCUT2D eigenvalue weighted by Gasteiger charge is 2.51. The van der Waals surface area contributed by atoms with Crippen molar-refractivity contribution in [3.8, 4) is 0 Å². The van der Waals surface area contributed by atoms with E-state index in [0.29, 0.717) is 58.9 Å². The number of esters is 2. The molecule has 0 spiro atoms. The van der Waals surface area contributed by atoms with Crippen LogP contribution in [0.1, 0.15) is 74.2 Å². The molecule has 2 aromatic heterocycles. The SMILES string of the molecule is CC(C)(C)OC(=O)[C@@]1(CN)CCCN1C(=O)c1cc2ncnc(N[C@@H](CCC(=O)OCc3ccccc3)c3nc4ccc(Cl)cc4[nH]3)c2cc1Cl. The largest absolute Gasteiger partial charge is 0.461 e. The molecule has 1 amide bonds. The van der Waals surface area contributed by atoms with Crippen molar-refractivity contribution in [2.45, 2.75) is 70.2 Å². The number of nitrogens with one attached hydrogen (secondary N) is 2. The molecule has 266 valence electrons. The molecular weight excluding hydrogens is 693 g/mol. The highest BCUT2D eigenvalue weighted by Crippen LogP contribution is 2.36. The van der Waals surface area contributed by atoms with Crippen LogP contribution >= 0.6 is 23.2 Å². The number of likely N-dealkylation sites (tertiary alicyclic amines) is 1. The fourth-order valence-corrected chi connectivity index (χ4v) is 6.65. The van der Waals surface area contributed by atoms with E-state index in [0.717, 1.165) is 11.1 Å². The Bertz CT molecular complexity index is 2080. The van der Waals surface area contributed by atoms with Crippen molar-refractivity contribution in [3.63, 3.8) is 0 Å². The summed E-state index contributed by atoms with van der Waals surface area (Å²) in [6, 6.07) is 17.5. The van der Waals surface area contributed by atoms with Gasteiger partial charge in [-0.15, -0.1) is 0 Å². The third kappa shape index (κ3) is 7.93. The fraction of sp³-hybridized carbons (Fsp3) is 0.351. The molecule has 0 radical (unpaired) electrons. The lowest BCUT2D eigenvalue weighted by molar-refractivity contribution is -0.166. The van der Waals surface area contributed by atoms with Gasteiger partial charge in [0.25, 0.3) is 5.91 Å². The van der Waals surface area contributed by atoms with Crippen molar-refractivity contribution in [1.82, 2.24) is 24.8 Å². The van der Waals surface area contributed by atoms with Gasteiger partial charge in [-0.25, -0.2) is 19.7 Å². The van der Waals surface area contributed by atoms with Gasteiger partial charge in [-0.3, -0.25) is 9.59 Å². The zero-order chi connectivity index (χ0) is 36.3. The van der Waals surface area contributed by atoms with Gasteiger partial charge in [-0.2, -0.15) is 0 Å². The molecular formula is C37H39Cl2N7O5. The number of carbonyl (C=O) groups is 3. The average Bonchev–Trinajstić information content (AvgIpc) is 3.73. The molecule has 14 heteroatoms. The van der Waals surface area contributed by atoms with Crippen LogP contribution in [0.5, 0.6) is 0 Å². The standard InChI is InChI=1S/C37H39Cl2N7O5/c1-36(2,3)51-35(49)37(20-40)14-7-15-46(37)34(48)24-18-29-25(17-26(24)39)32(42-21-41-29)44-28(33-43-27-11-10-23(38)16-30(27)45-33)12-13-31(47)50-19-22-8-5-4-6-9-22/h4-6,8-11,16-18,21,28H,7,12-15,19-20,40H2,1-3H3,(H,43,45)(H,41,42,44)/t28-,37-/m0/s1. The number of rotatable bonds is 11. The summed E-state index contributed by atoms with van der Waals surface area (Å²) in [5.74, 6) is -0.394. The van der Waals surface area contributed by atoms with E-state index >= 15 is 0 Å². The lowest BCUT2D eigenvalue weighted by Gasteiger charge is -2.37. The Morgan fingerprint density at radius 1 is 1.06 bits per heavy atom. The molecule has 12 nitrogen and oxygen atoms in total. The summed E-state index contributed by atoms with van der Waals surface area (Å²) >= 11 is 13.0. The number of anilines is 1. The Kier molecular flexibility index (Phi) is 10.5. The molecule has 0 aliphatic carbocycles. The zero-order valence-electron chi connectivity index (χ0n) is 28.5. The van der Waals surface area contributed by atoms with Crippen molar-refractivity contribution < 1.29 is 23.9 Å². The van der Waals surface area contributed by atoms with Crippen LogP contribution in [0.2, 0.25) is 10.0 Å². The van der Waals surface area contributed by atoms with Crippen LogP contribution in [-0.2, 0) is 25.7 Å². The number of hydrogen-bond donors (Lipinski definition) is 3. The minimum absolute atomic E-state index is 0.0844. The summed E-state index contributed by atoms with van der Waals surface area (Å²) in [4.78, 5) is 58.8. The van der Waals surface area contributed by atoms with E-state index in [2.05, 4.69) is 20.3 Å². The molecule has 1 fully saturated rings. The number of aromatic nitrogens is 4. The second-order valence-corrected chi connectivity index (χ2v) is 14.4. The van der Waals surface area contributed by atoms with Crippen LogP contribution in [-0.4, -0.2) is 66.9 Å². The second kappa shape index (κ2) is 14.8. The second-order valence-electron chi connectivity index (χ2n) is 13.5. The van der Waals surface area contributed by atoms with Crippen molar-refractivity contribution in [2.75, 3.05) is 18.4 Å². The first-order valence-electron chi connectivity index (χ1n) is 16.7. The number of nitrogens with two attached hydrogens (primary N) is 1. The van der Waals surface area contributed by atoms with E-state index in [1.807, 2.05) is 36.4 Å². The molecule has 5 aromatic rings. The Morgan fingerprint density at radius 2 is 1.84 bits per heavy atom. The number of aromatic amines is 1. The quantitative estimate of drug-likeness (QED) is 0.124. The molecule has 1 aliphatic rings. The number of ether oxygens (including phenoxy) is 2. The lowest BCUT2D eigenvalue weighted by Crippen LogP contribution is -2.59. The first kappa shape index (κ1) is 36.0. The highest BCUT2D eigenvalue weighted by molar-refractivity contribution is 6.35. The smallest absolute Gasteiger partial charge is 0.333 e. The Balaban J connectivity index is 1.28. The van der Waals surface area contributed by atoms with Crippen molar-refractivity contribution in [1.29, 1.82) is 0 Å². The van der Waals surface area contributed by atoms with Crippen LogP contribution in [0.4, 0.5) is 5.82 Å². The van der Waals surface area contributed by atoms with Gasteiger partial charge in [-0.05, 0) is 75.9 Å². The minimum atomic E-state index is -1.31. The Labute approximate surface area is 305 Å². The summed E-state index contributed by atoms with van der Waals surface area (Å²) in [6.07, 6.45) is 2.72. The maximum atomic E-state index is 14.1. The Hall–Kier alpha value is -4.78. The van der Waals surface area contributed by atoms with Gasteiger partial charge in [0, 0.05) is 29.9 Å². The first-order valence-corrected chi connectivity index (χ1v) is 17.4. The van der Waals surface area contributed by atoms with E-state index in [4.69, 9.17) is 43.4 Å². The third-order valence-electron chi connectivity index (χ3n) is 8.79. The summed E-state index contributed by atoms with van der Waals surface area (Å²) in [5, 5.41) is 4.65. The molecule has 6 rings (SSSR count). The summed E-state index contributed by atoms with van der Waals surface area (Å²) < 4.78 is 11.2. The normalized spacial score (nSPS) is 16.7. The van der Waals surface area contributed by atoms with E-state index in [1.54, 1.807) is 45.0 Å². The highest BCUT2D eigenvalue weighted by atomic mass is 35.5. The molecule has 0 saturated carbocycles. The third-order valence-corrected chi connectivity index (χ3v) is 9.34. The predicted octanol–water partition coefficient (Wildman–Crippen LogP) is 6.76. The summed E-state index contributed by atoms with van der Waals surface area (Å²) in [6.45, 7) is 5.71. The number of halogens is 2. The van der Waals surface area contributed by atoms with Gasteiger partial charge in [0.2, 0.25) is 0 Å². The molecule has 51 heavy (non-hydrogen) atoms. The van der Waals surface area contributed by atoms with E-state index in [-0.39, 0.29) is 36.1 Å². The van der Waals surface area contributed by atoms with Crippen LogP contribution in [0, 0.1) is 0 Å². The number of nitrogens with zero attached hydrogens (tertiary/aromatic N) is 4. The molecule has 3 heterocycles. The van der Waals surface area contributed by atoms with Gasteiger partial charge in [0.1, 0.15) is 30.2 Å². The van der Waals surface area contributed by atoms with Crippen LogP contribution in [0.15, 0.2) is 67.0 Å². The summed E-state index contributed by atoms with van der Waals surface area (Å²) in [5.41, 5.74) is 7.02. The topological polar surface area (TPSA) is 165 Å². The zero-order valence-corrected chi connectivity index (χ0v) is 30.1.